The van der Waals surface area contributed by atoms with Crippen LogP contribution in [-0.2, 0) is 16.6 Å². The number of rotatable bonds is 2. The predicted octanol–water partition coefficient (Wildman–Crippen LogP) is 6.34. The normalized spacial score (nSPS) is 22.9. The number of allylic oxidation sites excluding steroid dienone is 2. The van der Waals surface area contributed by atoms with Gasteiger partial charge in [-0.25, -0.2) is 19.2 Å². The number of Topliss-reactive ketones (excluding diaryl/α,β-unsaturated/α-hetero) is 1. The van der Waals surface area contributed by atoms with E-state index in [-0.39, 0.29) is 29.1 Å². The van der Waals surface area contributed by atoms with Gasteiger partial charge in [0.15, 0.2) is 11.6 Å². The molecule has 0 unspecified atom stereocenters. The van der Waals surface area contributed by atoms with Crippen molar-refractivity contribution in [3.8, 4) is 22.6 Å². The van der Waals surface area contributed by atoms with Crippen LogP contribution in [0.1, 0.15) is 31.5 Å². The first-order chi connectivity index (χ1) is 17.4. The van der Waals surface area contributed by atoms with Crippen molar-refractivity contribution in [3.05, 3.63) is 101 Å². The molecule has 0 radical (unpaired) electrons. The molecule has 2 heterocycles. The van der Waals surface area contributed by atoms with Crippen molar-refractivity contribution in [1.29, 1.82) is 0 Å². The minimum atomic E-state index is -0.651. The lowest BCUT2D eigenvalue weighted by atomic mass is 9.58. The maximum Gasteiger partial charge on any atom is 0.226 e. The third-order valence-corrected chi connectivity index (χ3v) is 7.84. The van der Waals surface area contributed by atoms with Gasteiger partial charge >= 0.3 is 0 Å². The lowest BCUT2D eigenvalue weighted by Crippen LogP contribution is -2.46. The summed E-state index contributed by atoms with van der Waals surface area (Å²) in [5, 5.41) is 0.904. The fourth-order valence-corrected chi connectivity index (χ4v) is 6.03. The summed E-state index contributed by atoms with van der Waals surface area (Å²) in [7, 11) is 0. The van der Waals surface area contributed by atoms with Crippen LogP contribution in [0, 0.1) is 24.2 Å². The van der Waals surface area contributed by atoms with E-state index in [0.717, 1.165) is 34.1 Å². The second-order valence-electron chi connectivity index (χ2n) is 9.80. The quantitative estimate of drug-likeness (QED) is 0.318. The molecule has 0 bridgehead atoms. The summed E-state index contributed by atoms with van der Waals surface area (Å²) in [6, 6.07) is 16.3. The molecule has 6 rings (SSSR count). The fourth-order valence-electron chi connectivity index (χ4n) is 6.03. The first-order valence-corrected chi connectivity index (χ1v) is 12.1. The molecule has 0 spiro atoms. The second-order valence-corrected chi connectivity index (χ2v) is 9.80. The highest BCUT2D eigenvalue weighted by molar-refractivity contribution is 6.00. The summed E-state index contributed by atoms with van der Waals surface area (Å²) >= 11 is 0. The highest BCUT2D eigenvalue weighted by Gasteiger charge is 2.49. The van der Waals surface area contributed by atoms with Gasteiger partial charge in [0.05, 0.1) is 23.5 Å². The van der Waals surface area contributed by atoms with Crippen molar-refractivity contribution in [1.82, 2.24) is 15.0 Å². The van der Waals surface area contributed by atoms with Crippen molar-refractivity contribution in [2.45, 2.75) is 32.1 Å². The Morgan fingerprint density at radius 3 is 2.64 bits per heavy atom. The molecular formula is C30H23FN4O. The number of ketones is 1. The molecule has 0 fully saturated rings. The molecule has 6 heteroatoms. The van der Waals surface area contributed by atoms with Crippen molar-refractivity contribution >= 4 is 16.7 Å². The van der Waals surface area contributed by atoms with Gasteiger partial charge in [0, 0.05) is 39.6 Å². The van der Waals surface area contributed by atoms with E-state index < -0.39 is 5.41 Å². The molecular weight excluding hydrogens is 451 g/mol. The van der Waals surface area contributed by atoms with Crippen molar-refractivity contribution in [3.63, 3.8) is 0 Å². The van der Waals surface area contributed by atoms with Crippen LogP contribution in [0.3, 0.4) is 0 Å². The van der Waals surface area contributed by atoms with Crippen molar-refractivity contribution in [2.24, 2.45) is 11.8 Å². The maximum atomic E-state index is 15.1. The maximum absolute atomic E-state index is 15.1. The van der Waals surface area contributed by atoms with Crippen LogP contribution in [0.5, 0.6) is 0 Å². The van der Waals surface area contributed by atoms with Crippen LogP contribution in [0.2, 0.25) is 0 Å². The van der Waals surface area contributed by atoms with Crippen molar-refractivity contribution < 1.29 is 9.18 Å². The number of benzene rings is 2. The number of fused-ring (bicyclic) bond motifs is 4. The standard InChI is InChI=1S/C30H23FN4O/c1-17-22-13-12-21-26(20-9-4-6-10-23(20)31)34-29(19-14-15-33-24-11-7-5-8-18(19)24)35-28(21)30(22,2)16-25(32-3)27(17)36/h4-11,14-17,22H,12-13H2,1-2H3/t17-,22+,30-/m1/s1. The summed E-state index contributed by atoms with van der Waals surface area (Å²) in [5.74, 6) is -0.280. The van der Waals surface area contributed by atoms with Crippen LogP contribution < -0.4 is 0 Å². The van der Waals surface area contributed by atoms with Crippen LogP contribution in [0.4, 0.5) is 4.39 Å². The molecule has 2 aromatic carbocycles. The van der Waals surface area contributed by atoms with E-state index in [4.69, 9.17) is 16.5 Å². The molecule has 2 aliphatic rings. The molecule has 2 aromatic heterocycles. The van der Waals surface area contributed by atoms with Crippen LogP contribution in [0.15, 0.2) is 72.6 Å². The summed E-state index contributed by atoms with van der Waals surface area (Å²) in [6.45, 7) is 11.6. The number of nitrogens with zero attached hydrogens (tertiary/aromatic N) is 4. The molecule has 36 heavy (non-hydrogen) atoms. The van der Waals surface area contributed by atoms with E-state index in [1.165, 1.54) is 6.07 Å². The van der Waals surface area contributed by atoms with E-state index in [1.54, 1.807) is 30.5 Å². The van der Waals surface area contributed by atoms with Crippen LogP contribution in [-0.4, -0.2) is 20.7 Å². The minimum Gasteiger partial charge on any atom is -0.308 e. The topological polar surface area (TPSA) is 60.1 Å². The van der Waals surface area contributed by atoms with Gasteiger partial charge in [0.2, 0.25) is 5.70 Å². The van der Waals surface area contributed by atoms with E-state index >= 15 is 4.39 Å². The molecule has 176 valence electrons. The summed E-state index contributed by atoms with van der Waals surface area (Å²) < 4.78 is 15.1. The zero-order chi connectivity index (χ0) is 25.0. The highest BCUT2D eigenvalue weighted by Crippen LogP contribution is 2.51. The third kappa shape index (κ3) is 3.20. The largest absolute Gasteiger partial charge is 0.308 e. The monoisotopic (exact) mass is 474 g/mol. The Morgan fingerprint density at radius 2 is 1.83 bits per heavy atom. The lowest BCUT2D eigenvalue weighted by Gasteiger charge is -2.46. The number of para-hydroxylation sites is 1. The van der Waals surface area contributed by atoms with Crippen LogP contribution in [0.25, 0.3) is 38.4 Å². The minimum absolute atomic E-state index is 0.00611. The number of hydrogen-bond acceptors (Lipinski definition) is 4. The second kappa shape index (κ2) is 8.17. The molecule has 3 atom stereocenters. The molecule has 4 aromatic rings. The van der Waals surface area contributed by atoms with Gasteiger partial charge in [-0.05, 0) is 43.0 Å². The third-order valence-electron chi connectivity index (χ3n) is 7.84. The molecule has 0 saturated carbocycles. The fraction of sp³-hybridized carbons (Fsp3) is 0.233. The average molecular weight is 475 g/mol. The first kappa shape index (κ1) is 22.2. The molecule has 0 N–H and O–H groups in total. The van der Waals surface area contributed by atoms with Gasteiger partial charge in [0.25, 0.3) is 0 Å². The molecule has 5 nitrogen and oxygen atoms in total. The number of halogens is 1. The highest BCUT2D eigenvalue weighted by atomic mass is 19.1. The van der Waals surface area contributed by atoms with Gasteiger partial charge in [-0.1, -0.05) is 50.3 Å². The Labute approximate surface area is 208 Å². The van der Waals surface area contributed by atoms with Gasteiger partial charge in [-0.3, -0.25) is 4.98 Å². The Bertz CT molecular complexity index is 1630. The zero-order valence-corrected chi connectivity index (χ0v) is 20.0. The Balaban J connectivity index is 1.70. The zero-order valence-electron chi connectivity index (χ0n) is 20.0. The average Bonchev–Trinajstić information content (AvgIpc) is 2.90. The Hall–Kier alpha value is -4.24. The van der Waals surface area contributed by atoms with Gasteiger partial charge < -0.3 is 4.79 Å². The van der Waals surface area contributed by atoms with Crippen LogP contribution >= 0.6 is 0 Å². The molecule has 0 saturated heterocycles. The summed E-state index contributed by atoms with van der Waals surface area (Å²) in [5.41, 5.74) is 3.76. The van der Waals surface area contributed by atoms with E-state index in [0.29, 0.717) is 23.5 Å². The van der Waals surface area contributed by atoms with Gasteiger partial charge in [-0.15, -0.1) is 0 Å². The number of aromatic nitrogens is 3. The Morgan fingerprint density at radius 1 is 1.06 bits per heavy atom. The van der Waals surface area contributed by atoms with E-state index in [1.807, 2.05) is 37.3 Å². The molecule has 0 amide bonds. The number of carbonyl (C=O) groups excluding carboxylic acids is 1. The molecule has 0 aliphatic heterocycles. The summed E-state index contributed by atoms with van der Waals surface area (Å²) in [6.07, 6.45) is 4.89. The molecule has 2 aliphatic carbocycles. The lowest BCUT2D eigenvalue weighted by molar-refractivity contribution is -0.121. The van der Waals surface area contributed by atoms with Gasteiger partial charge in [0.1, 0.15) is 5.82 Å². The van der Waals surface area contributed by atoms with Gasteiger partial charge in [-0.2, -0.15) is 0 Å². The number of hydrogen-bond donors (Lipinski definition) is 0. The SMILES string of the molecule is [C-]#[N+]C1=C[C@@]2(C)c3nc(-c4ccnc5ccccc45)nc(-c4ccccc4F)c3CC[C@H]2[C@@H](C)C1=O. The number of carbonyl (C=O) groups is 1. The summed E-state index contributed by atoms with van der Waals surface area (Å²) in [4.78, 5) is 31.0. The predicted molar refractivity (Wildman–Crippen MR) is 136 cm³/mol. The Kier molecular flexibility index (Phi) is 5.04. The van der Waals surface area contributed by atoms with E-state index in [2.05, 4.69) is 16.8 Å². The van der Waals surface area contributed by atoms with E-state index in [9.17, 15) is 4.79 Å². The smallest absolute Gasteiger partial charge is 0.226 e. The first-order valence-electron chi connectivity index (χ1n) is 12.1. The number of pyridine rings is 1. The van der Waals surface area contributed by atoms with Crippen molar-refractivity contribution in [2.75, 3.05) is 0 Å².